The van der Waals surface area contributed by atoms with E-state index >= 15 is 0 Å². The molecule has 7 nitrogen and oxygen atoms in total. The molecule has 12 heteroatoms. The standard InChI is InChI=1S/C33H39F4N5O2S/c1-41-16-12-21(13-17-41)39-32(43)23-8-5-10-28(44-3)30(23)38-15-6-11-29-24(19-33(35,36)37)22-7-4-9-27(31(22)45-29)40-26-14-18-42(2)20-25(26)34/h4-5,7-10,21,25-26,38,40H,12-20H2,1-3H3,(H,39,43). The highest BCUT2D eigenvalue weighted by Gasteiger charge is 2.32. The predicted molar refractivity (Wildman–Crippen MR) is 172 cm³/mol. The first-order valence-corrected chi connectivity index (χ1v) is 15.9. The third kappa shape index (κ3) is 8.20. The number of likely N-dealkylation sites (tertiary alicyclic amines) is 2. The molecule has 5 rings (SSSR count). The lowest BCUT2D eigenvalue weighted by molar-refractivity contribution is -0.126. The Morgan fingerprint density at radius 3 is 2.51 bits per heavy atom. The number of para-hydroxylation sites is 1. The molecule has 2 unspecified atom stereocenters. The van der Waals surface area contributed by atoms with E-state index in [-0.39, 0.29) is 24.1 Å². The van der Waals surface area contributed by atoms with Gasteiger partial charge < -0.3 is 30.5 Å². The summed E-state index contributed by atoms with van der Waals surface area (Å²) >= 11 is 1.17. The number of nitrogens with zero attached hydrogens (tertiary/aromatic N) is 2. The first-order chi connectivity index (χ1) is 21.5. The molecule has 1 amide bonds. The predicted octanol–water partition coefficient (Wildman–Crippen LogP) is 5.76. The summed E-state index contributed by atoms with van der Waals surface area (Å²) in [6, 6.07) is 9.95. The van der Waals surface area contributed by atoms with E-state index in [9.17, 15) is 22.4 Å². The van der Waals surface area contributed by atoms with Crippen molar-refractivity contribution >= 4 is 38.7 Å². The number of carbonyl (C=O) groups excluding carboxylic acids is 1. The van der Waals surface area contributed by atoms with E-state index in [1.165, 1.54) is 18.4 Å². The molecule has 3 aromatic rings. The van der Waals surface area contributed by atoms with Crippen molar-refractivity contribution in [3.63, 3.8) is 0 Å². The summed E-state index contributed by atoms with van der Waals surface area (Å²) in [6.07, 6.45) is -4.34. The lowest BCUT2D eigenvalue weighted by Crippen LogP contribution is -2.46. The van der Waals surface area contributed by atoms with Gasteiger partial charge >= 0.3 is 6.18 Å². The highest BCUT2D eigenvalue weighted by Crippen LogP contribution is 2.39. The minimum atomic E-state index is -4.43. The number of anilines is 2. The summed E-state index contributed by atoms with van der Waals surface area (Å²) in [4.78, 5) is 17.7. The Morgan fingerprint density at radius 2 is 1.80 bits per heavy atom. The van der Waals surface area contributed by atoms with Crippen LogP contribution >= 0.6 is 11.3 Å². The molecule has 2 aromatic carbocycles. The summed E-state index contributed by atoms with van der Waals surface area (Å²) in [5, 5.41) is 9.99. The van der Waals surface area contributed by atoms with E-state index in [4.69, 9.17) is 4.74 Å². The molecule has 3 heterocycles. The van der Waals surface area contributed by atoms with Crippen LogP contribution in [0.5, 0.6) is 5.75 Å². The van der Waals surface area contributed by atoms with Crippen molar-refractivity contribution in [1.29, 1.82) is 0 Å². The third-order valence-corrected chi connectivity index (χ3v) is 9.58. The largest absolute Gasteiger partial charge is 0.495 e. The quantitative estimate of drug-likeness (QED) is 0.214. The second-order valence-electron chi connectivity index (χ2n) is 11.8. The number of thiophene rings is 1. The fourth-order valence-electron chi connectivity index (χ4n) is 5.93. The summed E-state index contributed by atoms with van der Waals surface area (Å²) in [6.45, 7) is 2.91. The molecular weight excluding hydrogens is 606 g/mol. The maximum absolute atomic E-state index is 14.8. The highest BCUT2D eigenvalue weighted by molar-refractivity contribution is 7.20. The van der Waals surface area contributed by atoms with Crippen LogP contribution in [0, 0.1) is 11.8 Å². The van der Waals surface area contributed by atoms with Gasteiger partial charge in [0.05, 0.1) is 52.6 Å². The van der Waals surface area contributed by atoms with Crippen molar-refractivity contribution in [3.05, 3.63) is 52.4 Å². The van der Waals surface area contributed by atoms with Crippen molar-refractivity contribution in [2.45, 2.75) is 50.1 Å². The minimum absolute atomic E-state index is 0.0683. The van der Waals surface area contributed by atoms with Crippen LogP contribution in [0.15, 0.2) is 36.4 Å². The van der Waals surface area contributed by atoms with Crippen LogP contribution in [-0.4, -0.2) is 94.1 Å². The molecule has 2 atom stereocenters. The lowest BCUT2D eigenvalue weighted by atomic mass is 10.0. The zero-order valence-electron chi connectivity index (χ0n) is 25.7. The van der Waals surface area contributed by atoms with Crippen molar-refractivity contribution < 1.29 is 27.1 Å². The lowest BCUT2D eigenvalue weighted by Gasteiger charge is -2.33. The number of hydrogen-bond donors (Lipinski definition) is 3. The van der Waals surface area contributed by atoms with E-state index < -0.39 is 24.8 Å². The number of benzene rings is 2. The second-order valence-corrected chi connectivity index (χ2v) is 12.8. The molecular formula is C33H39F4N5O2S. The van der Waals surface area contributed by atoms with E-state index in [1.807, 2.05) is 11.9 Å². The molecule has 0 saturated carbocycles. The van der Waals surface area contributed by atoms with E-state index in [2.05, 4.69) is 39.7 Å². The molecule has 0 spiro atoms. The normalized spacial score (nSPS) is 20.0. The van der Waals surface area contributed by atoms with Gasteiger partial charge in [-0.05, 0) is 75.6 Å². The van der Waals surface area contributed by atoms with Gasteiger partial charge in [0.15, 0.2) is 0 Å². The van der Waals surface area contributed by atoms with Crippen molar-refractivity contribution in [3.8, 4) is 17.6 Å². The molecule has 0 aliphatic carbocycles. The summed E-state index contributed by atoms with van der Waals surface area (Å²) in [7, 11) is 5.43. The average Bonchev–Trinajstić information content (AvgIpc) is 3.34. The number of alkyl halides is 4. The van der Waals surface area contributed by atoms with Gasteiger partial charge in [0.1, 0.15) is 11.9 Å². The Kier molecular flexibility index (Phi) is 10.4. The number of nitrogens with one attached hydrogen (secondary N) is 3. The van der Waals surface area contributed by atoms with Crippen LogP contribution in [0.25, 0.3) is 10.1 Å². The van der Waals surface area contributed by atoms with Crippen LogP contribution in [-0.2, 0) is 6.42 Å². The summed E-state index contributed by atoms with van der Waals surface area (Å²) in [5.41, 5.74) is 1.59. The Bertz CT molecular complexity index is 1560. The number of hydrogen-bond acceptors (Lipinski definition) is 7. The molecule has 2 fully saturated rings. The van der Waals surface area contributed by atoms with Gasteiger partial charge in [0, 0.05) is 19.1 Å². The zero-order chi connectivity index (χ0) is 32.1. The molecule has 0 radical (unpaired) electrons. The maximum atomic E-state index is 14.8. The first-order valence-electron chi connectivity index (χ1n) is 15.1. The summed E-state index contributed by atoms with van der Waals surface area (Å²) in [5.74, 6) is 6.14. The molecule has 45 heavy (non-hydrogen) atoms. The third-order valence-electron chi connectivity index (χ3n) is 8.38. The van der Waals surface area contributed by atoms with Crippen LogP contribution in [0.2, 0.25) is 0 Å². The minimum Gasteiger partial charge on any atom is -0.495 e. The Labute approximate surface area is 265 Å². The van der Waals surface area contributed by atoms with E-state index in [0.717, 1.165) is 32.5 Å². The van der Waals surface area contributed by atoms with Crippen LogP contribution in [0.4, 0.5) is 28.9 Å². The number of rotatable bonds is 8. The van der Waals surface area contributed by atoms with Crippen molar-refractivity contribution in [1.82, 2.24) is 15.1 Å². The number of piperidine rings is 2. The summed E-state index contributed by atoms with van der Waals surface area (Å²) < 4.78 is 62.0. The maximum Gasteiger partial charge on any atom is 0.393 e. The van der Waals surface area contributed by atoms with Crippen LogP contribution in [0.1, 0.15) is 40.1 Å². The van der Waals surface area contributed by atoms with Crippen LogP contribution < -0.4 is 20.7 Å². The number of halogens is 4. The molecule has 2 aliphatic heterocycles. The van der Waals surface area contributed by atoms with E-state index in [0.29, 0.717) is 50.6 Å². The molecule has 3 N–H and O–H groups in total. The Balaban J connectivity index is 1.37. The Morgan fingerprint density at radius 1 is 1.07 bits per heavy atom. The SMILES string of the molecule is COc1cccc(C(=O)NC2CCN(C)CC2)c1NCC#Cc1sc2c(NC3CCN(C)CC3F)cccc2c1CC(F)(F)F. The fraction of sp³-hybridized carbons (Fsp3) is 0.485. The highest BCUT2D eigenvalue weighted by atomic mass is 32.1. The fourth-order valence-corrected chi connectivity index (χ4v) is 7.10. The molecule has 2 saturated heterocycles. The Hall–Kier alpha value is -3.53. The van der Waals surface area contributed by atoms with Gasteiger partial charge in [-0.3, -0.25) is 4.79 Å². The second kappa shape index (κ2) is 14.3. The van der Waals surface area contributed by atoms with Gasteiger partial charge in [0.25, 0.3) is 5.91 Å². The number of ether oxygens (including phenoxy) is 1. The van der Waals surface area contributed by atoms with Crippen LogP contribution in [0.3, 0.4) is 0 Å². The van der Waals surface area contributed by atoms with Gasteiger partial charge in [0.2, 0.25) is 0 Å². The van der Waals surface area contributed by atoms with Gasteiger partial charge in [-0.15, -0.1) is 11.3 Å². The topological polar surface area (TPSA) is 68.9 Å². The zero-order valence-corrected chi connectivity index (χ0v) is 26.5. The van der Waals surface area contributed by atoms with Gasteiger partial charge in [-0.25, -0.2) is 4.39 Å². The monoisotopic (exact) mass is 645 g/mol. The smallest absolute Gasteiger partial charge is 0.393 e. The molecule has 2 aliphatic rings. The molecule has 1 aromatic heterocycles. The van der Waals surface area contributed by atoms with Gasteiger partial charge in [-0.1, -0.05) is 30.0 Å². The molecule has 242 valence electrons. The number of fused-ring (bicyclic) bond motifs is 1. The van der Waals surface area contributed by atoms with Gasteiger partial charge in [-0.2, -0.15) is 13.2 Å². The van der Waals surface area contributed by atoms with E-state index in [1.54, 1.807) is 36.4 Å². The number of amides is 1. The number of carbonyl (C=O) groups is 1. The molecule has 0 bridgehead atoms. The average molecular weight is 646 g/mol. The first kappa shape index (κ1) is 32.9. The number of methoxy groups -OCH3 is 1. The van der Waals surface area contributed by atoms with Crippen molar-refractivity contribution in [2.24, 2.45) is 0 Å². The van der Waals surface area contributed by atoms with Crippen molar-refractivity contribution in [2.75, 3.05) is 64.6 Å².